The molecular weight excluding hydrogens is 302 g/mol. The van der Waals surface area contributed by atoms with Crippen LogP contribution in [0.5, 0.6) is 0 Å². The van der Waals surface area contributed by atoms with Crippen LogP contribution in [-0.4, -0.2) is 35.6 Å². The van der Waals surface area contributed by atoms with E-state index in [-0.39, 0.29) is 5.54 Å². The standard InChI is InChI=1S/C20H31NOS/c1-4-6-14-20(5-2,21-15-8-7-9-16-21)19(22)17-10-12-18(23-3)13-11-17/h10-13H,4-9,14-16H2,1-3H3. The molecule has 1 aromatic rings. The van der Waals surface area contributed by atoms with Crippen molar-refractivity contribution in [1.82, 2.24) is 4.90 Å². The van der Waals surface area contributed by atoms with Gasteiger partial charge in [0.25, 0.3) is 0 Å². The highest BCUT2D eigenvalue weighted by Crippen LogP contribution is 2.33. The van der Waals surface area contributed by atoms with Crippen LogP contribution in [0.15, 0.2) is 29.2 Å². The SMILES string of the molecule is CCCCC(CC)(C(=O)c1ccc(SC)cc1)N1CCCCC1. The van der Waals surface area contributed by atoms with Gasteiger partial charge in [-0.15, -0.1) is 11.8 Å². The van der Waals surface area contributed by atoms with Gasteiger partial charge >= 0.3 is 0 Å². The normalized spacial score (nSPS) is 18.6. The topological polar surface area (TPSA) is 20.3 Å². The maximum absolute atomic E-state index is 13.5. The number of likely N-dealkylation sites (tertiary alicyclic amines) is 1. The van der Waals surface area contributed by atoms with Crippen molar-refractivity contribution in [1.29, 1.82) is 0 Å². The van der Waals surface area contributed by atoms with Crippen LogP contribution in [0.2, 0.25) is 0 Å². The monoisotopic (exact) mass is 333 g/mol. The van der Waals surface area contributed by atoms with Gasteiger partial charge in [-0.05, 0) is 57.2 Å². The molecule has 1 aliphatic heterocycles. The Morgan fingerprint density at radius 2 is 1.78 bits per heavy atom. The van der Waals surface area contributed by atoms with Gasteiger partial charge in [0.2, 0.25) is 0 Å². The first-order valence-electron chi connectivity index (χ1n) is 9.12. The average molecular weight is 334 g/mol. The number of piperidine rings is 1. The van der Waals surface area contributed by atoms with Crippen molar-refractivity contribution in [3.63, 3.8) is 0 Å². The van der Waals surface area contributed by atoms with Gasteiger partial charge in [0.15, 0.2) is 5.78 Å². The number of carbonyl (C=O) groups excluding carboxylic acids is 1. The number of nitrogens with zero attached hydrogens (tertiary/aromatic N) is 1. The molecule has 1 fully saturated rings. The Balaban J connectivity index is 2.31. The summed E-state index contributed by atoms with van der Waals surface area (Å²) >= 11 is 1.72. The number of ketones is 1. The van der Waals surface area contributed by atoms with Crippen molar-refractivity contribution in [2.45, 2.75) is 69.2 Å². The molecule has 0 radical (unpaired) electrons. The lowest BCUT2D eigenvalue weighted by Crippen LogP contribution is -2.56. The highest BCUT2D eigenvalue weighted by Gasteiger charge is 2.42. The van der Waals surface area contributed by atoms with Gasteiger partial charge in [0.05, 0.1) is 5.54 Å². The van der Waals surface area contributed by atoms with Crippen molar-refractivity contribution >= 4 is 17.5 Å². The molecule has 128 valence electrons. The molecule has 1 heterocycles. The quantitative estimate of drug-likeness (QED) is 0.468. The molecule has 1 atom stereocenters. The largest absolute Gasteiger partial charge is 0.292 e. The lowest BCUT2D eigenvalue weighted by molar-refractivity contribution is 0.0391. The van der Waals surface area contributed by atoms with E-state index in [2.05, 4.69) is 37.1 Å². The number of thioether (sulfide) groups is 1. The highest BCUT2D eigenvalue weighted by atomic mass is 32.2. The molecule has 3 heteroatoms. The molecular formula is C20H31NOS. The number of hydrogen-bond acceptors (Lipinski definition) is 3. The van der Waals surface area contributed by atoms with E-state index in [1.807, 2.05) is 12.1 Å². The van der Waals surface area contributed by atoms with Crippen LogP contribution >= 0.6 is 11.8 Å². The van der Waals surface area contributed by atoms with Crippen LogP contribution in [0.4, 0.5) is 0 Å². The van der Waals surface area contributed by atoms with E-state index in [1.165, 1.54) is 24.2 Å². The van der Waals surface area contributed by atoms with Gasteiger partial charge in [-0.3, -0.25) is 9.69 Å². The highest BCUT2D eigenvalue weighted by molar-refractivity contribution is 7.98. The van der Waals surface area contributed by atoms with E-state index in [0.29, 0.717) is 5.78 Å². The second-order valence-electron chi connectivity index (χ2n) is 6.59. The van der Waals surface area contributed by atoms with Gasteiger partial charge in [-0.25, -0.2) is 0 Å². The van der Waals surface area contributed by atoms with Crippen molar-refractivity contribution in [3.8, 4) is 0 Å². The van der Waals surface area contributed by atoms with Crippen LogP contribution in [0.1, 0.15) is 69.2 Å². The van der Waals surface area contributed by atoms with Gasteiger partial charge < -0.3 is 0 Å². The number of benzene rings is 1. The summed E-state index contributed by atoms with van der Waals surface area (Å²) < 4.78 is 0. The zero-order valence-corrected chi connectivity index (χ0v) is 15.8. The van der Waals surface area contributed by atoms with E-state index in [0.717, 1.165) is 44.3 Å². The third-order valence-corrected chi connectivity index (χ3v) is 6.01. The summed E-state index contributed by atoms with van der Waals surface area (Å²) in [7, 11) is 0. The first-order valence-corrected chi connectivity index (χ1v) is 10.3. The third-order valence-electron chi connectivity index (χ3n) is 5.27. The van der Waals surface area contributed by atoms with E-state index >= 15 is 0 Å². The molecule has 0 amide bonds. The summed E-state index contributed by atoms with van der Waals surface area (Å²) in [6.45, 7) is 6.56. The Kier molecular flexibility index (Phi) is 7.16. The second-order valence-corrected chi connectivity index (χ2v) is 7.47. The van der Waals surface area contributed by atoms with Gasteiger partial charge in [-0.1, -0.05) is 45.2 Å². The van der Waals surface area contributed by atoms with Crippen LogP contribution < -0.4 is 0 Å². The molecule has 1 saturated heterocycles. The minimum atomic E-state index is -0.294. The van der Waals surface area contributed by atoms with E-state index in [4.69, 9.17) is 0 Å². The summed E-state index contributed by atoms with van der Waals surface area (Å²) in [4.78, 5) is 17.2. The summed E-state index contributed by atoms with van der Waals surface area (Å²) in [6.07, 6.45) is 10.0. The molecule has 2 rings (SSSR count). The van der Waals surface area contributed by atoms with Gasteiger partial charge in [-0.2, -0.15) is 0 Å². The van der Waals surface area contributed by atoms with Gasteiger partial charge in [0, 0.05) is 10.5 Å². The Morgan fingerprint density at radius 3 is 2.30 bits per heavy atom. The van der Waals surface area contributed by atoms with Crippen LogP contribution in [0, 0.1) is 0 Å². The molecule has 0 saturated carbocycles. The molecule has 1 aromatic carbocycles. The minimum absolute atomic E-state index is 0.294. The number of hydrogen-bond donors (Lipinski definition) is 0. The zero-order chi connectivity index (χ0) is 16.7. The van der Waals surface area contributed by atoms with Crippen molar-refractivity contribution < 1.29 is 4.79 Å². The van der Waals surface area contributed by atoms with Crippen molar-refractivity contribution in [2.24, 2.45) is 0 Å². The summed E-state index contributed by atoms with van der Waals surface area (Å²) in [5, 5.41) is 0. The minimum Gasteiger partial charge on any atom is -0.292 e. The number of rotatable bonds is 8. The van der Waals surface area contributed by atoms with E-state index < -0.39 is 0 Å². The third kappa shape index (κ3) is 4.19. The summed E-state index contributed by atoms with van der Waals surface area (Å²) in [6, 6.07) is 8.20. The number of carbonyl (C=O) groups is 1. The molecule has 0 aromatic heterocycles. The number of unbranched alkanes of at least 4 members (excludes halogenated alkanes) is 1. The molecule has 23 heavy (non-hydrogen) atoms. The Bertz CT molecular complexity index is 493. The predicted octanol–water partition coefficient (Wildman–Crippen LogP) is 5.42. The molecule has 0 bridgehead atoms. The van der Waals surface area contributed by atoms with E-state index in [9.17, 15) is 4.79 Å². The smallest absolute Gasteiger partial charge is 0.183 e. The van der Waals surface area contributed by atoms with Crippen molar-refractivity contribution in [3.05, 3.63) is 29.8 Å². The molecule has 1 unspecified atom stereocenters. The summed E-state index contributed by atoms with van der Waals surface area (Å²) in [5.41, 5.74) is 0.587. The first-order chi connectivity index (χ1) is 11.2. The first kappa shape index (κ1) is 18.5. The van der Waals surface area contributed by atoms with Crippen LogP contribution in [-0.2, 0) is 0 Å². The van der Waals surface area contributed by atoms with Gasteiger partial charge in [0.1, 0.15) is 0 Å². The molecule has 2 nitrogen and oxygen atoms in total. The zero-order valence-electron chi connectivity index (χ0n) is 14.9. The molecule has 0 spiro atoms. The fourth-order valence-electron chi connectivity index (χ4n) is 3.78. The lowest BCUT2D eigenvalue weighted by Gasteiger charge is -2.44. The van der Waals surface area contributed by atoms with Crippen molar-refractivity contribution in [2.75, 3.05) is 19.3 Å². The fraction of sp³-hybridized carbons (Fsp3) is 0.650. The fourth-order valence-corrected chi connectivity index (χ4v) is 4.19. The molecule has 1 aliphatic rings. The van der Waals surface area contributed by atoms with Crippen LogP contribution in [0.3, 0.4) is 0 Å². The number of Topliss-reactive ketones (excluding diaryl/α,β-unsaturated/α-hetero) is 1. The lowest BCUT2D eigenvalue weighted by atomic mass is 9.79. The molecule has 0 aliphatic carbocycles. The second kappa shape index (κ2) is 8.89. The predicted molar refractivity (Wildman–Crippen MR) is 101 cm³/mol. The maximum atomic E-state index is 13.5. The van der Waals surface area contributed by atoms with Crippen LogP contribution in [0.25, 0.3) is 0 Å². The maximum Gasteiger partial charge on any atom is 0.183 e. The Hall–Kier alpha value is -0.800. The Labute approximate surface area is 146 Å². The Morgan fingerprint density at radius 1 is 1.13 bits per heavy atom. The average Bonchev–Trinajstić information content (AvgIpc) is 2.63. The summed E-state index contributed by atoms with van der Waals surface area (Å²) in [5.74, 6) is 0.336. The molecule has 0 N–H and O–H groups in total. The van der Waals surface area contributed by atoms with E-state index in [1.54, 1.807) is 11.8 Å².